The molecule has 2 unspecified atom stereocenters. The molecule has 192 valence electrons. The highest BCUT2D eigenvalue weighted by Crippen LogP contribution is 2.43. The largest absolute Gasteiger partial charge is 0.389 e. The lowest BCUT2D eigenvalue weighted by Gasteiger charge is -2.38. The second-order valence-corrected chi connectivity index (χ2v) is 12.8. The Kier molecular flexibility index (Phi) is 8.27. The van der Waals surface area contributed by atoms with Gasteiger partial charge >= 0.3 is 0 Å². The van der Waals surface area contributed by atoms with Crippen LogP contribution in [0.25, 0.3) is 0 Å². The minimum atomic E-state index is -1.38. The second-order valence-electron chi connectivity index (χ2n) is 9.91. The molecule has 5 heteroatoms. The average Bonchev–Trinajstić information content (AvgIpc) is 2.92. The number of hydrogen-bond donors (Lipinski definition) is 1. The SMILES string of the molecule is Cc1ccc(S(=O)c2ccccc2[C@H](C)C(C)(O)[C@@H](C)c2ccccc2S(=O)c2ccc(C)cc2)cc1. The Bertz CT molecular complexity index is 1310. The minimum Gasteiger partial charge on any atom is -0.389 e. The van der Waals surface area contributed by atoms with E-state index >= 15 is 0 Å². The third-order valence-corrected chi connectivity index (χ3v) is 10.3. The van der Waals surface area contributed by atoms with Gasteiger partial charge in [-0.2, -0.15) is 0 Å². The van der Waals surface area contributed by atoms with Crippen LogP contribution < -0.4 is 0 Å². The van der Waals surface area contributed by atoms with Crippen molar-refractivity contribution in [3.8, 4) is 0 Å². The summed E-state index contributed by atoms with van der Waals surface area (Å²) >= 11 is 0. The van der Waals surface area contributed by atoms with Gasteiger partial charge in [-0.05, 0) is 68.3 Å². The maximum absolute atomic E-state index is 13.6. The fourth-order valence-electron chi connectivity index (χ4n) is 4.60. The fraction of sp³-hybridized carbons (Fsp3) is 0.250. The van der Waals surface area contributed by atoms with Gasteiger partial charge in [-0.1, -0.05) is 85.6 Å². The van der Waals surface area contributed by atoms with Gasteiger partial charge in [-0.3, -0.25) is 0 Å². The summed E-state index contributed by atoms with van der Waals surface area (Å²) in [6, 6.07) is 30.7. The Morgan fingerprint density at radius 3 is 1.27 bits per heavy atom. The molecule has 37 heavy (non-hydrogen) atoms. The molecule has 1 N–H and O–H groups in total. The molecule has 0 aliphatic carbocycles. The molecule has 0 amide bonds. The van der Waals surface area contributed by atoms with Crippen LogP contribution in [0.1, 0.15) is 54.9 Å². The van der Waals surface area contributed by atoms with Crippen LogP contribution in [-0.4, -0.2) is 19.1 Å². The van der Waals surface area contributed by atoms with Crippen LogP contribution in [0.15, 0.2) is 117 Å². The van der Waals surface area contributed by atoms with Gasteiger partial charge in [-0.15, -0.1) is 0 Å². The fourth-order valence-corrected chi connectivity index (χ4v) is 7.19. The molecular formula is C32H34O3S2. The van der Waals surface area contributed by atoms with Crippen molar-refractivity contribution in [1.29, 1.82) is 0 Å². The number of aliphatic hydroxyl groups is 1. The van der Waals surface area contributed by atoms with E-state index in [4.69, 9.17) is 0 Å². The van der Waals surface area contributed by atoms with Gasteiger partial charge in [0.1, 0.15) is 0 Å². The van der Waals surface area contributed by atoms with E-state index in [1.165, 1.54) is 0 Å². The zero-order chi connectivity index (χ0) is 26.7. The first-order valence-corrected chi connectivity index (χ1v) is 14.8. The van der Waals surface area contributed by atoms with Crippen molar-refractivity contribution in [1.82, 2.24) is 0 Å². The van der Waals surface area contributed by atoms with E-state index in [0.717, 1.165) is 32.0 Å². The predicted octanol–water partition coefficient (Wildman–Crippen LogP) is 7.30. The third-order valence-electron chi connectivity index (χ3n) is 7.39. The Morgan fingerprint density at radius 2 is 0.919 bits per heavy atom. The molecule has 0 aliphatic heterocycles. The van der Waals surface area contributed by atoms with Crippen molar-refractivity contribution in [3.05, 3.63) is 119 Å². The summed E-state index contributed by atoms with van der Waals surface area (Å²) in [5.41, 5.74) is 2.70. The molecule has 0 heterocycles. The monoisotopic (exact) mass is 530 g/mol. The molecule has 4 atom stereocenters. The van der Waals surface area contributed by atoms with Crippen LogP contribution in [0.2, 0.25) is 0 Å². The smallest absolute Gasteiger partial charge is 0.0852 e. The van der Waals surface area contributed by atoms with Crippen LogP contribution in [0.4, 0.5) is 0 Å². The third kappa shape index (κ3) is 5.69. The van der Waals surface area contributed by atoms with Gasteiger partial charge in [0.15, 0.2) is 0 Å². The molecule has 0 saturated carbocycles. The summed E-state index contributed by atoms with van der Waals surface area (Å²) in [7, 11) is -2.76. The van der Waals surface area contributed by atoms with E-state index < -0.39 is 27.2 Å². The zero-order valence-corrected chi connectivity index (χ0v) is 23.6. The summed E-state index contributed by atoms with van der Waals surface area (Å²) in [6.07, 6.45) is 0. The molecule has 3 nitrogen and oxygen atoms in total. The molecule has 0 fully saturated rings. The van der Waals surface area contributed by atoms with E-state index in [2.05, 4.69) is 0 Å². The minimum absolute atomic E-state index is 0.339. The highest BCUT2D eigenvalue weighted by Gasteiger charge is 2.39. The van der Waals surface area contributed by atoms with Crippen LogP contribution in [0, 0.1) is 13.8 Å². The van der Waals surface area contributed by atoms with Gasteiger partial charge in [0.2, 0.25) is 0 Å². The first-order chi connectivity index (χ1) is 17.6. The summed E-state index contributed by atoms with van der Waals surface area (Å²) in [4.78, 5) is 2.86. The first kappa shape index (κ1) is 27.2. The maximum Gasteiger partial charge on any atom is 0.0852 e. The number of aryl methyl sites for hydroxylation is 2. The molecule has 0 bridgehead atoms. The molecule has 0 saturated heterocycles. The topological polar surface area (TPSA) is 54.4 Å². The normalized spacial score (nSPS) is 16.4. The Balaban J connectivity index is 1.69. The van der Waals surface area contributed by atoms with E-state index in [9.17, 15) is 13.5 Å². The second kappa shape index (κ2) is 11.3. The van der Waals surface area contributed by atoms with Crippen LogP contribution in [0.3, 0.4) is 0 Å². The lowest BCUT2D eigenvalue weighted by molar-refractivity contribution is 0.0118. The Hall–Kier alpha value is -2.86. The molecule has 4 rings (SSSR count). The molecule has 4 aromatic carbocycles. The first-order valence-electron chi connectivity index (χ1n) is 12.5. The highest BCUT2D eigenvalue weighted by molar-refractivity contribution is 7.85. The van der Waals surface area contributed by atoms with Crippen molar-refractivity contribution in [2.45, 2.75) is 71.6 Å². The van der Waals surface area contributed by atoms with Gasteiger partial charge in [0.25, 0.3) is 0 Å². The van der Waals surface area contributed by atoms with Gasteiger partial charge in [0.05, 0.1) is 27.2 Å². The molecule has 0 radical (unpaired) electrons. The summed E-state index contributed by atoms with van der Waals surface area (Å²) in [5, 5.41) is 12.0. The Morgan fingerprint density at radius 1 is 0.595 bits per heavy atom. The highest BCUT2D eigenvalue weighted by atomic mass is 32.2. The number of benzene rings is 4. The van der Waals surface area contributed by atoms with Gasteiger partial charge in [0, 0.05) is 31.4 Å². The average molecular weight is 531 g/mol. The van der Waals surface area contributed by atoms with Crippen molar-refractivity contribution in [3.63, 3.8) is 0 Å². The Labute approximate surface area is 225 Å². The standard InChI is InChI=1S/C32H34O3S2/c1-22-14-18-26(19-15-22)36(34)30-12-8-6-10-28(30)24(3)32(5,33)25(4)29-11-7-9-13-31(29)37(35)27-20-16-23(2)17-21-27/h6-21,24-25,33H,1-5H3/t24-,25-,32?,36?,37?/m0/s1. The lowest BCUT2D eigenvalue weighted by Crippen LogP contribution is -2.38. The van der Waals surface area contributed by atoms with Crippen molar-refractivity contribution in [2.24, 2.45) is 0 Å². The molecular weight excluding hydrogens is 496 g/mol. The quantitative estimate of drug-likeness (QED) is 0.260. The van der Waals surface area contributed by atoms with Crippen LogP contribution >= 0.6 is 0 Å². The number of hydrogen-bond acceptors (Lipinski definition) is 3. The maximum atomic E-state index is 13.6. The molecule has 4 aromatic rings. The zero-order valence-electron chi connectivity index (χ0n) is 22.0. The molecule has 0 spiro atoms. The van der Waals surface area contributed by atoms with Gasteiger partial charge < -0.3 is 5.11 Å². The number of rotatable bonds is 8. The van der Waals surface area contributed by atoms with E-state index in [0.29, 0.717) is 9.79 Å². The van der Waals surface area contributed by atoms with Crippen molar-refractivity contribution < 1.29 is 13.5 Å². The summed E-state index contributed by atoms with van der Waals surface area (Å²) in [5.74, 6) is -0.678. The summed E-state index contributed by atoms with van der Waals surface area (Å²) in [6.45, 7) is 9.78. The summed E-state index contributed by atoms with van der Waals surface area (Å²) < 4.78 is 27.1. The lowest BCUT2D eigenvalue weighted by atomic mass is 9.74. The van der Waals surface area contributed by atoms with E-state index in [1.807, 2.05) is 132 Å². The van der Waals surface area contributed by atoms with Crippen molar-refractivity contribution in [2.75, 3.05) is 0 Å². The molecule has 0 aliphatic rings. The van der Waals surface area contributed by atoms with Crippen LogP contribution in [0.5, 0.6) is 0 Å². The van der Waals surface area contributed by atoms with E-state index in [-0.39, 0.29) is 11.8 Å². The predicted molar refractivity (Wildman–Crippen MR) is 152 cm³/mol. The van der Waals surface area contributed by atoms with Crippen molar-refractivity contribution >= 4 is 21.6 Å². The van der Waals surface area contributed by atoms with E-state index in [1.54, 1.807) is 0 Å². The van der Waals surface area contributed by atoms with Gasteiger partial charge in [-0.25, -0.2) is 8.42 Å². The van der Waals surface area contributed by atoms with Crippen LogP contribution in [-0.2, 0) is 21.6 Å². The molecule has 0 aromatic heterocycles.